The third-order valence-corrected chi connectivity index (χ3v) is 6.51. The van der Waals surface area contributed by atoms with Crippen molar-refractivity contribution in [3.05, 3.63) is 10.1 Å². The molecule has 1 aliphatic carbocycles. The molecule has 2 heterocycles. The Bertz CT molecular complexity index is 398. The van der Waals surface area contributed by atoms with Gasteiger partial charge in [-0.3, -0.25) is 0 Å². The topological polar surface area (TPSA) is 25.4 Å². The Morgan fingerprint density at radius 1 is 1.28 bits per heavy atom. The minimum atomic E-state index is 0.379. The van der Waals surface area contributed by atoms with Crippen molar-refractivity contribution in [2.24, 2.45) is 0 Å². The van der Waals surface area contributed by atoms with Crippen LogP contribution in [-0.2, 0) is 11.2 Å². The number of aryl methyl sites for hydroxylation is 1. The third kappa shape index (κ3) is 2.52. The zero-order valence-electron chi connectivity index (χ0n) is 11.2. The van der Waals surface area contributed by atoms with E-state index in [0.29, 0.717) is 20.6 Å². The summed E-state index contributed by atoms with van der Waals surface area (Å²) in [4.78, 5) is 7.47. The van der Waals surface area contributed by atoms with E-state index in [0.717, 1.165) is 6.61 Å². The summed E-state index contributed by atoms with van der Waals surface area (Å²) in [6.45, 7) is 5.38. The van der Waals surface area contributed by atoms with Crippen molar-refractivity contribution in [2.75, 3.05) is 24.6 Å². The first-order valence-corrected chi connectivity index (χ1v) is 8.96. The van der Waals surface area contributed by atoms with Gasteiger partial charge in [-0.05, 0) is 0 Å². The van der Waals surface area contributed by atoms with Crippen LogP contribution >= 0.6 is 0 Å². The van der Waals surface area contributed by atoms with Crippen molar-refractivity contribution < 1.29 is 4.74 Å². The summed E-state index contributed by atoms with van der Waals surface area (Å²) in [5.41, 5.74) is 1.38. The van der Waals surface area contributed by atoms with Gasteiger partial charge in [0, 0.05) is 0 Å². The predicted octanol–water partition coefficient (Wildman–Crippen LogP) is 2.54. The first-order chi connectivity index (χ1) is 8.88. The van der Waals surface area contributed by atoms with Gasteiger partial charge in [0.1, 0.15) is 0 Å². The van der Waals surface area contributed by atoms with Crippen LogP contribution in [0.25, 0.3) is 0 Å². The molecular weight excluding hydrogens is 291 g/mol. The number of anilines is 1. The minimum absolute atomic E-state index is 0.379. The van der Waals surface area contributed by atoms with Crippen LogP contribution in [0.4, 0.5) is 4.69 Å². The van der Waals surface area contributed by atoms with Crippen molar-refractivity contribution >= 4 is 19.2 Å². The molecule has 1 aliphatic heterocycles. The summed E-state index contributed by atoms with van der Waals surface area (Å²) in [5.74, 6) is 0. The van der Waals surface area contributed by atoms with Gasteiger partial charge in [-0.2, -0.15) is 0 Å². The fourth-order valence-corrected chi connectivity index (χ4v) is 5.56. The van der Waals surface area contributed by atoms with Crippen LogP contribution < -0.4 is 4.90 Å². The van der Waals surface area contributed by atoms with Crippen molar-refractivity contribution in [2.45, 2.75) is 51.6 Å². The van der Waals surface area contributed by atoms with E-state index in [1.54, 1.807) is 4.44 Å². The summed E-state index contributed by atoms with van der Waals surface area (Å²) < 4.78 is 8.84. The molecule has 0 saturated carbocycles. The Labute approximate surface area is 115 Å². The Balaban J connectivity index is 1.81. The van der Waals surface area contributed by atoms with Gasteiger partial charge in [0.25, 0.3) is 0 Å². The summed E-state index contributed by atoms with van der Waals surface area (Å²) in [7, 11) is 0. The van der Waals surface area contributed by atoms with Gasteiger partial charge in [-0.25, -0.2) is 0 Å². The van der Waals surface area contributed by atoms with Crippen LogP contribution in [-0.4, -0.2) is 39.2 Å². The maximum absolute atomic E-state index is 5.90. The van der Waals surface area contributed by atoms with E-state index in [-0.39, 0.29) is 0 Å². The van der Waals surface area contributed by atoms with Crippen LogP contribution in [0.15, 0.2) is 0 Å². The van der Waals surface area contributed by atoms with Gasteiger partial charge in [-0.15, -0.1) is 0 Å². The van der Waals surface area contributed by atoms with Crippen LogP contribution in [0.2, 0.25) is 0 Å². The molecule has 1 saturated heterocycles. The van der Waals surface area contributed by atoms with Gasteiger partial charge in [0.15, 0.2) is 0 Å². The zero-order chi connectivity index (χ0) is 12.4. The fourth-order valence-electron chi connectivity index (χ4n) is 2.95. The van der Waals surface area contributed by atoms with Crippen LogP contribution in [0.1, 0.15) is 55.3 Å². The molecule has 1 atom stereocenters. The second-order valence-electron chi connectivity index (χ2n) is 5.19. The first-order valence-electron chi connectivity index (χ1n) is 7.24. The van der Waals surface area contributed by atoms with Gasteiger partial charge >= 0.3 is 115 Å². The number of aromatic nitrogens is 1. The molecule has 18 heavy (non-hydrogen) atoms. The zero-order valence-corrected chi connectivity index (χ0v) is 12.9. The molecule has 1 fully saturated rings. The van der Waals surface area contributed by atoms with Gasteiger partial charge < -0.3 is 0 Å². The molecule has 0 radical (unpaired) electrons. The summed E-state index contributed by atoms with van der Waals surface area (Å²) in [6.07, 6.45) is 8.09. The number of hydrogen-bond acceptors (Lipinski definition) is 3. The molecular formula is C14H22N2OSe. The number of fused-ring (bicyclic) bond motifs is 1. The van der Waals surface area contributed by atoms with Crippen molar-refractivity contribution in [3.8, 4) is 0 Å². The van der Waals surface area contributed by atoms with E-state index in [1.165, 1.54) is 62.0 Å². The molecule has 4 heteroatoms. The van der Waals surface area contributed by atoms with Crippen molar-refractivity contribution in [1.29, 1.82) is 0 Å². The standard InChI is InChI=1S/C14H22N2OSe/c1-2-17-12-8-6-7-11-13(12)18-14(15-11)16-9-4-3-5-10-16/h12H,2-10H2,1H3. The number of nitrogens with zero attached hydrogens (tertiary/aromatic N) is 2. The molecule has 1 unspecified atom stereocenters. The summed E-state index contributed by atoms with van der Waals surface area (Å²) in [6, 6.07) is 0. The molecule has 100 valence electrons. The molecule has 3 rings (SSSR count). The monoisotopic (exact) mass is 314 g/mol. The van der Waals surface area contributed by atoms with Crippen molar-refractivity contribution in [3.63, 3.8) is 0 Å². The van der Waals surface area contributed by atoms with Gasteiger partial charge in [0.2, 0.25) is 0 Å². The van der Waals surface area contributed by atoms with Crippen LogP contribution in [0.3, 0.4) is 0 Å². The maximum atomic E-state index is 5.90. The Kier molecular flexibility index (Phi) is 4.07. The quantitative estimate of drug-likeness (QED) is 0.802. The third-order valence-electron chi connectivity index (χ3n) is 3.88. The average Bonchev–Trinajstić information content (AvgIpc) is 2.85. The van der Waals surface area contributed by atoms with Gasteiger partial charge in [0.05, 0.1) is 0 Å². The number of ether oxygens (including phenoxy) is 1. The Morgan fingerprint density at radius 3 is 2.89 bits per heavy atom. The molecule has 3 nitrogen and oxygen atoms in total. The van der Waals surface area contributed by atoms with E-state index in [4.69, 9.17) is 9.72 Å². The van der Waals surface area contributed by atoms with Crippen molar-refractivity contribution in [1.82, 2.24) is 4.98 Å². The molecule has 2 aliphatic rings. The van der Waals surface area contributed by atoms with Gasteiger partial charge in [-0.1, -0.05) is 0 Å². The fraction of sp³-hybridized carbons (Fsp3) is 0.786. The normalized spacial score (nSPS) is 24.1. The number of rotatable bonds is 3. The Morgan fingerprint density at radius 2 is 2.11 bits per heavy atom. The second kappa shape index (κ2) is 5.77. The second-order valence-corrected chi connectivity index (χ2v) is 7.31. The molecule has 1 aromatic heterocycles. The summed E-state index contributed by atoms with van der Waals surface area (Å²) >= 11 is 0.437. The van der Waals surface area contributed by atoms with E-state index >= 15 is 0 Å². The first kappa shape index (κ1) is 12.7. The van der Waals surface area contributed by atoms with E-state index < -0.39 is 0 Å². The van der Waals surface area contributed by atoms with Crippen LogP contribution in [0.5, 0.6) is 0 Å². The average molecular weight is 313 g/mol. The predicted molar refractivity (Wildman–Crippen MR) is 74.5 cm³/mol. The molecule has 0 amide bonds. The summed E-state index contributed by atoms with van der Waals surface area (Å²) in [5, 5.41) is 0. The number of piperidine rings is 1. The van der Waals surface area contributed by atoms with E-state index in [2.05, 4.69) is 11.8 Å². The molecule has 0 spiro atoms. The van der Waals surface area contributed by atoms with E-state index in [1.807, 2.05) is 0 Å². The SMILES string of the molecule is CCOC1CCCc2nc(N3CCCCC3)[se]c21. The molecule has 0 N–H and O–H groups in total. The van der Waals surface area contributed by atoms with Crippen LogP contribution in [0, 0.1) is 0 Å². The molecule has 0 aromatic carbocycles. The Hall–Kier alpha value is -0.311. The molecule has 0 bridgehead atoms. The van der Waals surface area contributed by atoms with E-state index in [9.17, 15) is 0 Å². The number of hydrogen-bond donors (Lipinski definition) is 0. The molecule has 1 aromatic rings.